The number of methoxy groups -OCH3 is 1. The first-order valence-corrected chi connectivity index (χ1v) is 9.93. The smallest absolute Gasteiger partial charge is 0.240 e. The molecule has 0 fully saturated rings. The van der Waals surface area contributed by atoms with Gasteiger partial charge in [0.2, 0.25) is 5.91 Å². The second kappa shape index (κ2) is 8.04. The lowest BCUT2D eigenvalue weighted by Gasteiger charge is -2.23. The number of nitrogens with two attached hydrogens (primary N) is 1. The van der Waals surface area contributed by atoms with Gasteiger partial charge in [-0.1, -0.05) is 6.07 Å². The standard InChI is InChI=1S/C20H22N4O3S/c1-26-17-8-13(18-3-2-6-28-18)7-14-11-24(4-5-27-19(14)17)20(25)16(21)9-15-10-22-12-23-15/h2-3,6-8,10,12,16H,4-5,9,11,21H2,1H3,(H,22,23)/t16-/m0/s1. The molecule has 1 aromatic carbocycles. The van der Waals surface area contributed by atoms with Crippen LogP contribution in [0.2, 0.25) is 0 Å². The second-order valence-corrected chi connectivity index (χ2v) is 7.59. The van der Waals surface area contributed by atoms with Crippen LogP contribution in [0.5, 0.6) is 11.5 Å². The third-order valence-corrected chi connectivity index (χ3v) is 5.67. The first-order valence-electron chi connectivity index (χ1n) is 9.05. The Labute approximate surface area is 167 Å². The van der Waals surface area contributed by atoms with Crippen molar-refractivity contribution in [3.8, 4) is 21.9 Å². The Hall–Kier alpha value is -2.84. The lowest BCUT2D eigenvalue weighted by Crippen LogP contribution is -2.45. The molecule has 0 bridgehead atoms. The highest BCUT2D eigenvalue weighted by atomic mass is 32.1. The fourth-order valence-electron chi connectivity index (χ4n) is 3.36. The van der Waals surface area contributed by atoms with Crippen molar-refractivity contribution in [3.63, 3.8) is 0 Å². The fraction of sp³-hybridized carbons (Fsp3) is 0.300. The summed E-state index contributed by atoms with van der Waals surface area (Å²) in [5.74, 6) is 1.27. The average Bonchev–Trinajstić information content (AvgIpc) is 3.37. The highest BCUT2D eigenvalue weighted by Crippen LogP contribution is 2.39. The van der Waals surface area contributed by atoms with E-state index in [0.29, 0.717) is 37.6 Å². The van der Waals surface area contributed by atoms with Crippen LogP contribution in [0.15, 0.2) is 42.2 Å². The van der Waals surface area contributed by atoms with Crippen molar-refractivity contribution >= 4 is 17.2 Å². The molecule has 28 heavy (non-hydrogen) atoms. The maximum atomic E-state index is 12.9. The molecule has 0 spiro atoms. The van der Waals surface area contributed by atoms with E-state index in [1.54, 1.807) is 35.9 Å². The lowest BCUT2D eigenvalue weighted by atomic mass is 10.1. The van der Waals surface area contributed by atoms with E-state index in [4.69, 9.17) is 15.2 Å². The second-order valence-electron chi connectivity index (χ2n) is 6.64. The van der Waals surface area contributed by atoms with Gasteiger partial charge in [-0.25, -0.2) is 4.98 Å². The molecule has 2 aromatic heterocycles. The molecule has 0 radical (unpaired) electrons. The quantitative estimate of drug-likeness (QED) is 0.689. The van der Waals surface area contributed by atoms with Crippen LogP contribution in [-0.2, 0) is 17.8 Å². The maximum Gasteiger partial charge on any atom is 0.240 e. The Morgan fingerprint density at radius 1 is 1.50 bits per heavy atom. The molecule has 1 aliphatic rings. The van der Waals surface area contributed by atoms with Crippen LogP contribution in [0.3, 0.4) is 0 Å². The van der Waals surface area contributed by atoms with Gasteiger partial charge in [0.1, 0.15) is 6.61 Å². The first-order chi connectivity index (χ1) is 13.7. The number of aromatic amines is 1. The molecule has 3 N–H and O–H groups in total. The molecule has 0 saturated heterocycles. The van der Waals surface area contributed by atoms with Gasteiger partial charge in [-0.05, 0) is 29.1 Å². The summed E-state index contributed by atoms with van der Waals surface area (Å²) < 4.78 is 11.5. The van der Waals surface area contributed by atoms with E-state index < -0.39 is 6.04 Å². The SMILES string of the molecule is COc1cc(-c2cccs2)cc2c1OCCN(C(=O)[C@@H](N)Cc1cnc[nH]1)C2. The van der Waals surface area contributed by atoms with Gasteiger partial charge < -0.3 is 25.1 Å². The number of amides is 1. The number of carbonyl (C=O) groups excluding carboxylic acids is 1. The molecule has 0 aliphatic carbocycles. The van der Waals surface area contributed by atoms with Gasteiger partial charge in [-0.15, -0.1) is 11.3 Å². The van der Waals surface area contributed by atoms with Gasteiger partial charge in [0, 0.05) is 35.3 Å². The zero-order chi connectivity index (χ0) is 19.5. The van der Waals surface area contributed by atoms with E-state index >= 15 is 0 Å². The Balaban J connectivity index is 1.60. The van der Waals surface area contributed by atoms with Gasteiger partial charge in [-0.2, -0.15) is 0 Å². The van der Waals surface area contributed by atoms with E-state index in [-0.39, 0.29) is 5.91 Å². The Morgan fingerprint density at radius 2 is 2.39 bits per heavy atom. The molecular formula is C20H22N4O3S. The number of hydrogen-bond acceptors (Lipinski definition) is 6. The molecule has 7 nitrogen and oxygen atoms in total. The van der Waals surface area contributed by atoms with Crippen LogP contribution in [0.1, 0.15) is 11.3 Å². The summed E-state index contributed by atoms with van der Waals surface area (Å²) in [5.41, 5.74) is 8.98. The van der Waals surface area contributed by atoms with Crippen molar-refractivity contribution < 1.29 is 14.3 Å². The summed E-state index contributed by atoms with van der Waals surface area (Å²) >= 11 is 1.66. The van der Waals surface area contributed by atoms with Crippen LogP contribution in [-0.4, -0.2) is 47.1 Å². The monoisotopic (exact) mass is 398 g/mol. The number of nitrogens with one attached hydrogen (secondary N) is 1. The van der Waals surface area contributed by atoms with Crippen molar-refractivity contribution in [3.05, 3.63) is 53.4 Å². The molecule has 4 rings (SSSR count). The third kappa shape index (κ3) is 3.74. The predicted molar refractivity (Wildman–Crippen MR) is 107 cm³/mol. The normalized spacial score (nSPS) is 14.7. The van der Waals surface area contributed by atoms with E-state index in [1.807, 2.05) is 17.5 Å². The number of thiophene rings is 1. The first kappa shape index (κ1) is 18.5. The summed E-state index contributed by atoms with van der Waals surface area (Å²) in [6.07, 6.45) is 3.69. The number of nitrogens with zero attached hydrogens (tertiary/aromatic N) is 2. The lowest BCUT2D eigenvalue weighted by molar-refractivity contribution is -0.133. The van der Waals surface area contributed by atoms with Gasteiger partial charge in [0.05, 0.1) is 26.0 Å². The van der Waals surface area contributed by atoms with E-state index in [0.717, 1.165) is 21.7 Å². The van der Waals surface area contributed by atoms with Crippen LogP contribution >= 0.6 is 11.3 Å². The molecule has 3 aromatic rings. The van der Waals surface area contributed by atoms with E-state index in [9.17, 15) is 4.79 Å². The van der Waals surface area contributed by atoms with E-state index in [2.05, 4.69) is 22.1 Å². The van der Waals surface area contributed by atoms with Crippen molar-refractivity contribution in [2.75, 3.05) is 20.3 Å². The summed E-state index contributed by atoms with van der Waals surface area (Å²) in [4.78, 5) is 22.8. The number of aromatic nitrogens is 2. The molecule has 8 heteroatoms. The number of fused-ring (bicyclic) bond motifs is 1. The molecule has 1 aliphatic heterocycles. The summed E-state index contributed by atoms with van der Waals surface area (Å²) in [5, 5.41) is 2.04. The zero-order valence-corrected chi connectivity index (χ0v) is 16.4. The van der Waals surface area contributed by atoms with Gasteiger partial charge in [0.25, 0.3) is 0 Å². The van der Waals surface area contributed by atoms with Gasteiger partial charge in [0.15, 0.2) is 11.5 Å². The molecule has 0 unspecified atom stereocenters. The van der Waals surface area contributed by atoms with Crippen molar-refractivity contribution in [2.45, 2.75) is 19.0 Å². The van der Waals surface area contributed by atoms with Crippen LogP contribution in [0.4, 0.5) is 0 Å². The molecule has 0 saturated carbocycles. The molecular weight excluding hydrogens is 376 g/mol. The fourth-order valence-corrected chi connectivity index (χ4v) is 4.08. The topological polar surface area (TPSA) is 93.5 Å². The zero-order valence-electron chi connectivity index (χ0n) is 15.6. The Bertz CT molecular complexity index is 941. The predicted octanol–water partition coefficient (Wildman–Crippen LogP) is 2.44. The highest BCUT2D eigenvalue weighted by molar-refractivity contribution is 7.13. The minimum absolute atomic E-state index is 0.105. The van der Waals surface area contributed by atoms with Gasteiger partial charge >= 0.3 is 0 Å². The number of hydrogen-bond donors (Lipinski definition) is 2. The average molecular weight is 398 g/mol. The number of carbonyl (C=O) groups is 1. The summed E-state index contributed by atoms with van der Waals surface area (Å²) in [6.45, 7) is 1.30. The summed E-state index contributed by atoms with van der Waals surface area (Å²) in [6, 6.07) is 7.48. The minimum atomic E-state index is -0.635. The number of ether oxygens (including phenoxy) is 2. The molecule has 1 atom stereocenters. The third-order valence-electron chi connectivity index (χ3n) is 4.75. The number of benzene rings is 1. The largest absolute Gasteiger partial charge is 0.493 e. The summed E-state index contributed by atoms with van der Waals surface area (Å²) in [7, 11) is 1.63. The maximum absolute atomic E-state index is 12.9. The van der Waals surface area contributed by atoms with Crippen molar-refractivity contribution in [2.24, 2.45) is 5.73 Å². The highest BCUT2D eigenvalue weighted by Gasteiger charge is 2.27. The number of imidazole rings is 1. The van der Waals surface area contributed by atoms with E-state index in [1.165, 1.54) is 0 Å². The molecule has 3 heterocycles. The Morgan fingerprint density at radius 3 is 3.11 bits per heavy atom. The van der Waals surface area contributed by atoms with Crippen molar-refractivity contribution in [1.82, 2.24) is 14.9 Å². The molecule has 146 valence electrons. The minimum Gasteiger partial charge on any atom is -0.493 e. The van der Waals surface area contributed by atoms with Crippen LogP contribution in [0, 0.1) is 0 Å². The number of H-pyrrole nitrogens is 1. The Kier molecular flexibility index (Phi) is 5.31. The van der Waals surface area contributed by atoms with Crippen LogP contribution < -0.4 is 15.2 Å². The van der Waals surface area contributed by atoms with Gasteiger partial charge in [-0.3, -0.25) is 4.79 Å². The number of rotatable bonds is 5. The van der Waals surface area contributed by atoms with Crippen molar-refractivity contribution in [1.29, 1.82) is 0 Å². The molecule has 1 amide bonds. The van der Waals surface area contributed by atoms with Crippen LogP contribution in [0.25, 0.3) is 10.4 Å².